The van der Waals surface area contributed by atoms with E-state index in [1.54, 1.807) is 0 Å². The summed E-state index contributed by atoms with van der Waals surface area (Å²) in [7, 11) is 0. The summed E-state index contributed by atoms with van der Waals surface area (Å²) < 4.78 is 40.5. The van der Waals surface area contributed by atoms with Crippen molar-refractivity contribution in [1.29, 1.82) is 0 Å². The zero-order valence-corrected chi connectivity index (χ0v) is 15.1. The minimum Gasteiger partial charge on any atom is -0.406 e. The van der Waals surface area contributed by atoms with Crippen LogP contribution in [0.5, 0.6) is 5.75 Å². The third kappa shape index (κ3) is 4.81. The molecule has 3 rings (SSSR count). The first-order valence-corrected chi connectivity index (χ1v) is 8.29. The van der Waals surface area contributed by atoms with Crippen LogP contribution in [0.3, 0.4) is 0 Å². The molecular formula is C19H18F3N5O. The number of halogens is 3. The number of nitrogens with zero attached hydrogens (tertiary/aromatic N) is 2. The van der Waals surface area contributed by atoms with Gasteiger partial charge in [-0.1, -0.05) is 6.07 Å². The lowest BCUT2D eigenvalue weighted by atomic mass is 10.1. The van der Waals surface area contributed by atoms with E-state index in [-0.39, 0.29) is 11.4 Å². The van der Waals surface area contributed by atoms with Gasteiger partial charge in [0.1, 0.15) is 17.8 Å². The number of ether oxygens (including phenoxy) is 1. The number of hydrogen-bond acceptors (Lipinski definition) is 6. The highest BCUT2D eigenvalue weighted by atomic mass is 19.4. The molecule has 0 saturated carbocycles. The van der Waals surface area contributed by atoms with Gasteiger partial charge in [0.05, 0.1) is 0 Å². The molecule has 1 aromatic heterocycles. The van der Waals surface area contributed by atoms with E-state index in [0.717, 1.165) is 11.3 Å². The number of rotatable bonds is 5. The van der Waals surface area contributed by atoms with E-state index in [1.165, 1.54) is 36.2 Å². The number of nitrogens with one attached hydrogen (secondary N) is 2. The van der Waals surface area contributed by atoms with Crippen molar-refractivity contribution in [1.82, 2.24) is 9.97 Å². The number of nitrogens with two attached hydrogens (primary N) is 1. The summed E-state index contributed by atoms with van der Waals surface area (Å²) in [5, 5.41) is 6.10. The summed E-state index contributed by atoms with van der Waals surface area (Å²) in [6.45, 7) is 4.02. The van der Waals surface area contributed by atoms with Gasteiger partial charge in [-0.15, -0.1) is 13.2 Å². The summed E-state index contributed by atoms with van der Waals surface area (Å²) in [5.41, 5.74) is 10.0. The van der Waals surface area contributed by atoms with Crippen molar-refractivity contribution in [2.24, 2.45) is 0 Å². The van der Waals surface area contributed by atoms with Crippen molar-refractivity contribution < 1.29 is 17.9 Å². The van der Waals surface area contributed by atoms with Crippen LogP contribution in [0.25, 0.3) is 0 Å². The van der Waals surface area contributed by atoms with Crippen LogP contribution in [0.15, 0.2) is 48.8 Å². The Labute approximate surface area is 159 Å². The zero-order chi connectivity index (χ0) is 20.3. The van der Waals surface area contributed by atoms with Crippen LogP contribution >= 0.6 is 0 Å². The molecule has 0 saturated heterocycles. The van der Waals surface area contributed by atoms with Gasteiger partial charge >= 0.3 is 6.36 Å². The first kappa shape index (κ1) is 19.3. The van der Waals surface area contributed by atoms with E-state index in [1.807, 2.05) is 32.0 Å². The maximum atomic E-state index is 12.2. The Balaban J connectivity index is 1.76. The van der Waals surface area contributed by atoms with E-state index in [0.29, 0.717) is 17.3 Å². The highest BCUT2D eigenvalue weighted by Gasteiger charge is 2.30. The lowest BCUT2D eigenvalue weighted by Crippen LogP contribution is -2.17. The summed E-state index contributed by atoms with van der Waals surface area (Å²) in [4.78, 5) is 8.24. The fourth-order valence-electron chi connectivity index (χ4n) is 2.43. The van der Waals surface area contributed by atoms with E-state index in [2.05, 4.69) is 25.3 Å². The lowest BCUT2D eigenvalue weighted by molar-refractivity contribution is -0.274. The molecule has 1 heterocycles. The molecular weight excluding hydrogens is 371 g/mol. The normalized spacial score (nSPS) is 11.2. The molecule has 0 atom stereocenters. The van der Waals surface area contributed by atoms with Gasteiger partial charge in [0.25, 0.3) is 0 Å². The predicted octanol–water partition coefficient (Wildman–Crippen LogP) is 5.06. The molecule has 2 aromatic carbocycles. The number of aryl methyl sites for hydroxylation is 2. The van der Waals surface area contributed by atoms with Gasteiger partial charge in [0, 0.05) is 11.4 Å². The van der Waals surface area contributed by atoms with Crippen LogP contribution in [0.4, 0.5) is 41.9 Å². The third-order valence-corrected chi connectivity index (χ3v) is 4.00. The molecule has 4 N–H and O–H groups in total. The second-order valence-corrected chi connectivity index (χ2v) is 6.11. The maximum Gasteiger partial charge on any atom is 0.573 e. The summed E-state index contributed by atoms with van der Waals surface area (Å²) in [6, 6.07) is 11.1. The SMILES string of the molecule is Cc1ccc(Nc2ncnc(Nc3ccc(OC(F)(F)F)cc3)c2N)cc1C. The zero-order valence-electron chi connectivity index (χ0n) is 15.1. The van der Waals surface area contributed by atoms with Crippen LogP contribution in [-0.4, -0.2) is 16.3 Å². The summed E-state index contributed by atoms with van der Waals surface area (Å²) in [5.74, 6) is 0.425. The lowest BCUT2D eigenvalue weighted by Gasteiger charge is -2.14. The molecule has 0 amide bonds. The summed E-state index contributed by atoms with van der Waals surface area (Å²) in [6.07, 6.45) is -3.40. The molecule has 0 spiro atoms. The van der Waals surface area contributed by atoms with Gasteiger partial charge in [-0.05, 0) is 61.4 Å². The number of alkyl halides is 3. The molecule has 6 nitrogen and oxygen atoms in total. The Morgan fingerprint density at radius 3 is 2.00 bits per heavy atom. The van der Waals surface area contributed by atoms with Crippen molar-refractivity contribution in [3.05, 3.63) is 59.9 Å². The molecule has 0 aliphatic heterocycles. The van der Waals surface area contributed by atoms with Crippen LogP contribution in [0.2, 0.25) is 0 Å². The smallest absolute Gasteiger partial charge is 0.406 e. The molecule has 28 heavy (non-hydrogen) atoms. The topological polar surface area (TPSA) is 85.1 Å². The molecule has 0 aliphatic carbocycles. The average Bonchev–Trinajstić information content (AvgIpc) is 2.62. The van der Waals surface area contributed by atoms with E-state index < -0.39 is 6.36 Å². The average molecular weight is 389 g/mol. The Bertz CT molecular complexity index is 974. The Hall–Kier alpha value is -3.49. The number of anilines is 5. The molecule has 0 aliphatic rings. The third-order valence-electron chi connectivity index (χ3n) is 4.00. The molecule has 0 unspecified atom stereocenters. The molecule has 3 aromatic rings. The Morgan fingerprint density at radius 1 is 0.857 bits per heavy atom. The number of aromatic nitrogens is 2. The highest BCUT2D eigenvalue weighted by molar-refractivity contribution is 5.80. The minimum absolute atomic E-state index is 0.274. The van der Waals surface area contributed by atoms with E-state index >= 15 is 0 Å². The van der Waals surface area contributed by atoms with Crippen LogP contribution < -0.4 is 21.1 Å². The fraction of sp³-hybridized carbons (Fsp3) is 0.158. The second kappa shape index (κ2) is 7.63. The second-order valence-electron chi connectivity index (χ2n) is 6.11. The van der Waals surface area contributed by atoms with Crippen molar-refractivity contribution in [2.45, 2.75) is 20.2 Å². The molecule has 0 radical (unpaired) electrons. The van der Waals surface area contributed by atoms with Crippen LogP contribution in [0.1, 0.15) is 11.1 Å². The first-order chi connectivity index (χ1) is 13.2. The molecule has 0 bridgehead atoms. The van der Waals surface area contributed by atoms with Crippen molar-refractivity contribution >= 4 is 28.7 Å². The van der Waals surface area contributed by atoms with Crippen LogP contribution in [0, 0.1) is 13.8 Å². The quantitative estimate of drug-likeness (QED) is 0.565. The number of nitrogen functional groups attached to an aromatic ring is 1. The van der Waals surface area contributed by atoms with Gasteiger partial charge in [-0.25, -0.2) is 9.97 Å². The predicted molar refractivity (Wildman–Crippen MR) is 102 cm³/mol. The van der Waals surface area contributed by atoms with E-state index in [9.17, 15) is 13.2 Å². The molecule has 9 heteroatoms. The van der Waals surface area contributed by atoms with Crippen molar-refractivity contribution in [3.63, 3.8) is 0 Å². The Morgan fingerprint density at radius 2 is 1.43 bits per heavy atom. The number of benzene rings is 2. The Kier molecular flexibility index (Phi) is 5.25. The first-order valence-electron chi connectivity index (χ1n) is 8.29. The number of hydrogen-bond donors (Lipinski definition) is 3. The van der Waals surface area contributed by atoms with E-state index in [4.69, 9.17) is 5.73 Å². The fourth-order valence-corrected chi connectivity index (χ4v) is 2.43. The maximum absolute atomic E-state index is 12.2. The largest absolute Gasteiger partial charge is 0.573 e. The van der Waals surface area contributed by atoms with Crippen molar-refractivity contribution in [3.8, 4) is 5.75 Å². The minimum atomic E-state index is -4.74. The standard InChI is InChI=1S/C19H18F3N5O/c1-11-3-4-14(9-12(11)2)27-18-16(23)17(24-10-25-18)26-13-5-7-15(8-6-13)28-19(20,21)22/h3-10H,23H2,1-2H3,(H2,24,25,26,27). The van der Waals surface area contributed by atoms with Gasteiger partial charge < -0.3 is 21.1 Å². The highest BCUT2D eigenvalue weighted by Crippen LogP contribution is 2.30. The van der Waals surface area contributed by atoms with Crippen LogP contribution in [-0.2, 0) is 0 Å². The van der Waals surface area contributed by atoms with Gasteiger partial charge in [0.2, 0.25) is 0 Å². The molecule has 0 fully saturated rings. The van der Waals surface area contributed by atoms with Gasteiger partial charge in [0.15, 0.2) is 11.6 Å². The van der Waals surface area contributed by atoms with Crippen molar-refractivity contribution in [2.75, 3.05) is 16.4 Å². The van der Waals surface area contributed by atoms with Gasteiger partial charge in [-0.3, -0.25) is 0 Å². The van der Waals surface area contributed by atoms with Gasteiger partial charge in [-0.2, -0.15) is 0 Å². The summed E-state index contributed by atoms with van der Waals surface area (Å²) >= 11 is 0. The molecule has 146 valence electrons. The monoisotopic (exact) mass is 389 g/mol.